The molecule has 0 unspecified atom stereocenters. The zero-order valence-electron chi connectivity index (χ0n) is 31.5. The van der Waals surface area contributed by atoms with E-state index < -0.39 is 0 Å². The lowest BCUT2D eigenvalue weighted by atomic mass is 9.91. The summed E-state index contributed by atoms with van der Waals surface area (Å²) in [4.78, 5) is 29.1. The van der Waals surface area contributed by atoms with Crippen LogP contribution < -0.4 is 21.4 Å². The maximum atomic E-state index is 13.4. The second-order valence-corrected chi connectivity index (χ2v) is 13.2. The van der Waals surface area contributed by atoms with Crippen molar-refractivity contribution in [2.75, 3.05) is 7.11 Å². The van der Waals surface area contributed by atoms with E-state index in [1.54, 1.807) is 0 Å². The second-order valence-electron chi connectivity index (χ2n) is 13.2. The Hall–Kier alpha value is -4.71. The standard InChI is InChI=1S/C44H54N4O2/c1-10-25-27(12-3)37-23-39-29(14-5)31(16-7)42(47-39)41(33-20-18-19-21-34(33)44(49)50-9)43-32(17-8)30(15-6)40(48-43)24-38-28(13-4)26(11-2)36(46-38)22-35(25)45-37/h18-24,45-48H,10-17H2,1-9H3. The van der Waals surface area contributed by atoms with E-state index in [9.17, 15) is 4.79 Å². The Morgan fingerprint density at radius 1 is 0.520 bits per heavy atom. The molecule has 0 amide bonds. The van der Waals surface area contributed by atoms with E-state index in [4.69, 9.17) is 4.74 Å². The number of ether oxygens (including phenoxy) is 1. The number of fused-ring (bicyclic) bond motifs is 8. The molecule has 4 N–H and O–H groups in total. The summed E-state index contributed by atoms with van der Waals surface area (Å²) in [5, 5.41) is 4.50. The molecule has 6 rings (SSSR count). The van der Waals surface area contributed by atoms with Gasteiger partial charge in [-0.2, -0.15) is 0 Å². The summed E-state index contributed by atoms with van der Waals surface area (Å²) >= 11 is 0. The molecule has 0 atom stereocenters. The van der Waals surface area contributed by atoms with Gasteiger partial charge in [0, 0.05) is 44.3 Å². The van der Waals surface area contributed by atoms with Crippen molar-refractivity contribution in [1.29, 1.82) is 0 Å². The van der Waals surface area contributed by atoms with Crippen molar-refractivity contribution in [2.45, 2.75) is 107 Å². The topological polar surface area (TPSA) is 89.5 Å². The van der Waals surface area contributed by atoms with Gasteiger partial charge in [0.1, 0.15) is 0 Å². The normalized spacial score (nSPS) is 12.5. The van der Waals surface area contributed by atoms with Gasteiger partial charge in [-0.15, -0.1) is 0 Å². The maximum Gasteiger partial charge on any atom is 0.338 e. The molecular formula is C44H54N4O2. The molecule has 0 spiro atoms. The summed E-state index contributed by atoms with van der Waals surface area (Å²) in [7, 11) is 1.46. The number of aromatic nitrogens is 4. The molecule has 8 bridgehead atoms. The molecule has 50 heavy (non-hydrogen) atoms. The average molecular weight is 671 g/mol. The van der Waals surface area contributed by atoms with Crippen LogP contribution >= 0.6 is 0 Å². The fourth-order valence-electron chi connectivity index (χ4n) is 8.63. The number of esters is 1. The first kappa shape index (κ1) is 35.1. The smallest absolute Gasteiger partial charge is 0.338 e. The van der Waals surface area contributed by atoms with Gasteiger partial charge in [0.2, 0.25) is 0 Å². The van der Waals surface area contributed by atoms with Crippen molar-refractivity contribution < 1.29 is 9.53 Å². The number of H-pyrrole nitrogens is 4. The van der Waals surface area contributed by atoms with Crippen LogP contribution in [0.3, 0.4) is 0 Å². The van der Waals surface area contributed by atoms with Gasteiger partial charge in [0.05, 0.1) is 23.7 Å². The van der Waals surface area contributed by atoms with Crippen molar-refractivity contribution in [3.63, 3.8) is 0 Å². The first-order valence-electron chi connectivity index (χ1n) is 18.9. The third-order valence-corrected chi connectivity index (χ3v) is 10.9. The zero-order chi connectivity index (χ0) is 35.7. The number of hydrogen-bond acceptors (Lipinski definition) is 2. The summed E-state index contributed by atoms with van der Waals surface area (Å²) in [6.45, 7) is 18.0. The van der Waals surface area contributed by atoms with Crippen LogP contribution in [0.2, 0.25) is 0 Å². The minimum Gasteiger partial charge on any atom is -0.465 e. The first-order chi connectivity index (χ1) is 24.3. The van der Waals surface area contributed by atoms with E-state index in [1.807, 2.05) is 18.2 Å². The molecule has 4 aromatic heterocycles. The Morgan fingerprint density at radius 2 is 0.960 bits per heavy atom. The Kier molecular flexibility index (Phi) is 10.3. The lowest BCUT2D eigenvalue weighted by molar-refractivity contribution is 0.0600. The van der Waals surface area contributed by atoms with Crippen LogP contribution in [0.4, 0.5) is 0 Å². The minimum absolute atomic E-state index is 0.340. The molecular weight excluding hydrogens is 617 g/mol. The third-order valence-electron chi connectivity index (χ3n) is 10.9. The number of carbonyl (C=O) groups excluding carboxylic acids is 1. The van der Waals surface area contributed by atoms with Gasteiger partial charge in [-0.3, -0.25) is 0 Å². The van der Waals surface area contributed by atoms with Crippen molar-refractivity contribution in [3.8, 4) is 0 Å². The molecule has 0 aliphatic carbocycles. The second kappa shape index (κ2) is 14.6. The molecule has 0 fully saturated rings. The van der Waals surface area contributed by atoms with Gasteiger partial charge < -0.3 is 24.7 Å². The average Bonchev–Trinajstić information content (AvgIpc) is 3.87. The van der Waals surface area contributed by atoms with E-state index >= 15 is 0 Å². The van der Waals surface area contributed by atoms with Gasteiger partial charge in [-0.25, -0.2) is 4.79 Å². The minimum atomic E-state index is -0.340. The van der Waals surface area contributed by atoms with Gasteiger partial charge in [0.15, 0.2) is 0 Å². The van der Waals surface area contributed by atoms with Crippen molar-refractivity contribution in [3.05, 3.63) is 124 Å². The van der Waals surface area contributed by atoms with Crippen molar-refractivity contribution in [2.24, 2.45) is 0 Å². The van der Waals surface area contributed by atoms with Crippen LogP contribution in [0.5, 0.6) is 0 Å². The molecule has 5 heterocycles. The van der Waals surface area contributed by atoms with E-state index in [-0.39, 0.29) is 5.97 Å². The summed E-state index contributed by atoms with van der Waals surface area (Å²) in [6, 6.07) is 7.90. The van der Waals surface area contributed by atoms with E-state index in [0.717, 1.165) is 95.6 Å². The Morgan fingerprint density at radius 3 is 1.46 bits per heavy atom. The fourth-order valence-corrected chi connectivity index (χ4v) is 8.63. The number of hydrogen-bond donors (Lipinski definition) is 4. The fraction of sp³-hybridized carbons (Fsp3) is 0.386. The van der Waals surface area contributed by atoms with Crippen LogP contribution in [0.1, 0.15) is 139 Å². The van der Waals surface area contributed by atoms with Crippen LogP contribution in [-0.4, -0.2) is 33.0 Å². The highest BCUT2D eigenvalue weighted by atomic mass is 16.5. The Labute approximate surface area is 296 Å². The molecule has 0 saturated carbocycles. The predicted molar refractivity (Wildman–Crippen MR) is 207 cm³/mol. The highest BCUT2D eigenvalue weighted by Gasteiger charge is 2.25. The first-order valence-corrected chi connectivity index (χ1v) is 18.9. The molecule has 6 heteroatoms. The highest BCUT2D eigenvalue weighted by molar-refractivity contribution is 5.98. The highest BCUT2D eigenvalue weighted by Crippen LogP contribution is 2.32. The van der Waals surface area contributed by atoms with Crippen LogP contribution in [0.15, 0.2) is 24.3 Å². The van der Waals surface area contributed by atoms with Crippen LogP contribution in [0, 0.1) is 0 Å². The molecule has 0 saturated heterocycles. The number of carbonyl (C=O) groups is 1. The van der Waals surface area contributed by atoms with Gasteiger partial charge in [-0.1, -0.05) is 73.6 Å². The number of rotatable bonds is 10. The summed E-state index contributed by atoms with van der Waals surface area (Å²) in [5.74, 6) is -0.340. The number of nitrogens with one attached hydrogen (secondary N) is 4. The molecule has 5 aromatic rings. The van der Waals surface area contributed by atoms with Crippen LogP contribution in [-0.2, 0) is 56.1 Å². The molecule has 6 nitrogen and oxygen atoms in total. The summed E-state index contributed by atoms with van der Waals surface area (Å²) in [6.07, 6.45) is 14.3. The predicted octanol–water partition coefficient (Wildman–Crippen LogP) is 6.33. The summed E-state index contributed by atoms with van der Waals surface area (Å²) < 4.78 is 5.37. The molecule has 0 radical (unpaired) electrons. The SMILES string of the molecule is CCc1c2[nH]c(c1CC)C=c1[nH]c(c(CC)c1CC)=C(c1ccccc1C(=O)OC)c1[nH]c(c(CC)c1CC)C=c1[nH]c(c(CC)c1CC)=C2. The Balaban J connectivity index is 1.93. The van der Waals surface area contributed by atoms with E-state index in [0.29, 0.717) is 5.56 Å². The van der Waals surface area contributed by atoms with Gasteiger partial charge in [0.25, 0.3) is 0 Å². The lowest BCUT2D eigenvalue weighted by Gasteiger charge is -2.14. The largest absolute Gasteiger partial charge is 0.465 e. The van der Waals surface area contributed by atoms with E-state index in [1.165, 1.54) is 62.7 Å². The monoisotopic (exact) mass is 670 g/mol. The molecule has 262 valence electrons. The quantitative estimate of drug-likeness (QED) is 0.128. The molecule has 1 aliphatic rings. The molecule has 1 aromatic carbocycles. The third kappa shape index (κ3) is 5.73. The molecule has 1 aliphatic heterocycles. The lowest BCUT2D eigenvalue weighted by Crippen LogP contribution is -2.20. The van der Waals surface area contributed by atoms with Crippen molar-refractivity contribution in [1.82, 2.24) is 19.9 Å². The summed E-state index contributed by atoms with van der Waals surface area (Å²) in [5.41, 5.74) is 17.6. The van der Waals surface area contributed by atoms with Crippen molar-refractivity contribution >= 4 is 29.8 Å². The number of methoxy groups -OCH3 is 1. The van der Waals surface area contributed by atoms with Gasteiger partial charge in [-0.05, 0) is 120 Å². The zero-order valence-corrected chi connectivity index (χ0v) is 31.5. The number of aromatic amines is 4. The maximum absolute atomic E-state index is 13.4. The number of benzene rings is 1. The van der Waals surface area contributed by atoms with Gasteiger partial charge >= 0.3 is 5.97 Å². The Bertz CT molecular complexity index is 2320. The van der Waals surface area contributed by atoms with Crippen LogP contribution in [0.25, 0.3) is 23.8 Å². The van der Waals surface area contributed by atoms with E-state index in [2.05, 4.69) is 99.6 Å².